The van der Waals surface area contributed by atoms with Gasteiger partial charge >= 0.3 is 0 Å². The number of hydrazone groups is 1. The van der Waals surface area contributed by atoms with Crippen LogP contribution >= 0.6 is 28.1 Å². The first-order valence-corrected chi connectivity index (χ1v) is 7.52. The molecule has 2 aromatic carbocycles. The number of phenols is 1. The lowest BCUT2D eigenvalue weighted by atomic mass is 10.2. The molecule has 7 heteroatoms. The zero-order chi connectivity index (χ0) is 15.9. The van der Waals surface area contributed by atoms with Gasteiger partial charge in [-0.05, 0) is 36.5 Å². The Morgan fingerprint density at radius 1 is 1.32 bits per heavy atom. The van der Waals surface area contributed by atoms with E-state index in [1.54, 1.807) is 12.1 Å². The number of phenolic OH excluding ortho intramolecular Hbond substituents is 1. The highest BCUT2D eigenvalue weighted by atomic mass is 79.9. The van der Waals surface area contributed by atoms with Gasteiger partial charge in [-0.15, -0.1) is 0 Å². The van der Waals surface area contributed by atoms with E-state index >= 15 is 0 Å². The van der Waals surface area contributed by atoms with Gasteiger partial charge in [0.15, 0.2) is 16.6 Å². The Morgan fingerprint density at radius 2 is 2.05 bits per heavy atom. The van der Waals surface area contributed by atoms with Crippen LogP contribution in [0.1, 0.15) is 5.56 Å². The zero-order valence-electron chi connectivity index (χ0n) is 11.7. The van der Waals surface area contributed by atoms with Crippen LogP contribution in [0.4, 0.5) is 5.69 Å². The van der Waals surface area contributed by atoms with Crippen LogP contribution < -0.4 is 15.5 Å². The summed E-state index contributed by atoms with van der Waals surface area (Å²) in [4.78, 5) is 0. The molecule has 0 aliphatic heterocycles. The Bertz CT molecular complexity index is 693. The van der Waals surface area contributed by atoms with Crippen molar-refractivity contribution in [2.45, 2.75) is 0 Å². The number of nitrogens with one attached hydrogen (secondary N) is 2. The van der Waals surface area contributed by atoms with Gasteiger partial charge < -0.3 is 15.2 Å². The molecule has 0 atom stereocenters. The Kier molecular flexibility index (Phi) is 5.74. The lowest BCUT2D eigenvalue weighted by molar-refractivity contribution is 0.373. The summed E-state index contributed by atoms with van der Waals surface area (Å²) in [5.41, 5.74) is 4.05. The van der Waals surface area contributed by atoms with Crippen molar-refractivity contribution in [3.05, 3.63) is 52.5 Å². The van der Waals surface area contributed by atoms with Crippen molar-refractivity contribution in [3.8, 4) is 11.5 Å². The van der Waals surface area contributed by atoms with E-state index in [9.17, 15) is 5.11 Å². The molecule has 0 bridgehead atoms. The van der Waals surface area contributed by atoms with Crippen LogP contribution in [-0.4, -0.2) is 23.5 Å². The fraction of sp³-hybridized carbons (Fsp3) is 0.0667. The lowest BCUT2D eigenvalue weighted by Crippen LogP contribution is -2.23. The molecule has 0 radical (unpaired) electrons. The van der Waals surface area contributed by atoms with Gasteiger partial charge in [-0.1, -0.05) is 34.1 Å². The van der Waals surface area contributed by atoms with E-state index in [-0.39, 0.29) is 5.75 Å². The maximum absolute atomic E-state index is 10.0. The number of ether oxygens (including phenoxy) is 1. The fourth-order valence-electron chi connectivity index (χ4n) is 1.69. The molecule has 0 amide bonds. The van der Waals surface area contributed by atoms with Crippen molar-refractivity contribution in [2.75, 3.05) is 12.4 Å². The highest BCUT2D eigenvalue weighted by molar-refractivity contribution is 9.10. The van der Waals surface area contributed by atoms with Gasteiger partial charge in [-0.3, -0.25) is 5.43 Å². The molecule has 2 aromatic rings. The standard InChI is InChI=1S/C15H14BrN3O2S/c1-21-13-8-11(16)7-10(14(13)20)9-17-19-15(22)18-12-5-3-2-4-6-12/h2-9,20H,1H3,(H2,18,19,22)/b17-9+. The van der Waals surface area contributed by atoms with Crippen LogP contribution in [0.25, 0.3) is 0 Å². The normalized spacial score (nSPS) is 10.5. The van der Waals surface area contributed by atoms with E-state index in [0.717, 1.165) is 10.2 Å². The maximum Gasteiger partial charge on any atom is 0.191 e. The molecule has 2 rings (SSSR count). The van der Waals surface area contributed by atoms with Gasteiger partial charge in [-0.2, -0.15) is 5.10 Å². The summed E-state index contributed by atoms with van der Waals surface area (Å²) in [6, 6.07) is 12.9. The van der Waals surface area contributed by atoms with E-state index in [0.29, 0.717) is 16.4 Å². The molecule has 0 spiro atoms. The Balaban J connectivity index is 2.01. The number of rotatable bonds is 4. The third-order valence-electron chi connectivity index (χ3n) is 2.69. The van der Waals surface area contributed by atoms with Crippen molar-refractivity contribution >= 4 is 45.2 Å². The Morgan fingerprint density at radius 3 is 2.73 bits per heavy atom. The summed E-state index contributed by atoms with van der Waals surface area (Å²) in [6.07, 6.45) is 1.46. The van der Waals surface area contributed by atoms with Crippen LogP contribution in [0, 0.1) is 0 Å². The van der Waals surface area contributed by atoms with Crippen LogP contribution in [0.3, 0.4) is 0 Å². The lowest BCUT2D eigenvalue weighted by Gasteiger charge is -2.08. The first-order chi connectivity index (χ1) is 10.6. The number of para-hydroxylation sites is 1. The number of halogens is 1. The minimum absolute atomic E-state index is 0.0122. The van der Waals surface area contributed by atoms with E-state index < -0.39 is 0 Å². The number of thiocarbonyl (C=S) groups is 1. The fourth-order valence-corrected chi connectivity index (χ4v) is 2.31. The van der Waals surface area contributed by atoms with E-state index in [1.807, 2.05) is 30.3 Å². The molecule has 0 aliphatic rings. The molecule has 22 heavy (non-hydrogen) atoms. The number of nitrogens with zero attached hydrogens (tertiary/aromatic N) is 1. The second kappa shape index (κ2) is 7.77. The second-order valence-electron chi connectivity index (χ2n) is 4.24. The summed E-state index contributed by atoms with van der Waals surface area (Å²) >= 11 is 8.47. The summed E-state index contributed by atoms with van der Waals surface area (Å²) in [6.45, 7) is 0. The highest BCUT2D eigenvalue weighted by Crippen LogP contribution is 2.32. The van der Waals surface area contributed by atoms with Crippen LogP contribution in [0.15, 0.2) is 52.0 Å². The van der Waals surface area contributed by atoms with Gasteiger partial charge in [0.2, 0.25) is 0 Å². The van der Waals surface area contributed by atoms with Crippen molar-refractivity contribution in [1.82, 2.24) is 5.43 Å². The molecule has 0 aromatic heterocycles. The number of methoxy groups -OCH3 is 1. The average molecular weight is 380 g/mol. The smallest absolute Gasteiger partial charge is 0.191 e. The highest BCUT2D eigenvalue weighted by Gasteiger charge is 2.08. The van der Waals surface area contributed by atoms with Crippen LogP contribution in [0.5, 0.6) is 11.5 Å². The molecule has 0 saturated carbocycles. The van der Waals surface area contributed by atoms with Crippen molar-refractivity contribution in [2.24, 2.45) is 5.10 Å². The molecule has 5 nitrogen and oxygen atoms in total. The minimum Gasteiger partial charge on any atom is -0.504 e. The van der Waals surface area contributed by atoms with Gasteiger partial charge in [0.25, 0.3) is 0 Å². The van der Waals surface area contributed by atoms with E-state index in [2.05, 4.69) is 31.8 Å². The largest absolute Gasteiger partial charge is 0.504 e. The van der Waals surface area contributed by atoms with Gasteiger partial charge in [-0.25, -0.2) is 0 Å². The van der Waals surface area contributed by atoms with E-state index in [1.165, 1.54) is 13.3 Å². The Hall–Kier alpha value is -2.12. The quantitative estimate of drug-likeness (QED) is 0.431. The number of hydrogen-bond acceptors (Lipinski definition) is 4. The SMILES string of the molecule is COc1cc(Br)cc(/C=N/NC(=S)Nc2ccccc2)c1O. The molecule has 3 N–H and O–H groups in total. The topological polar surface area (TPSA) is 65.9 Å². The van der Waals surface area contributed by atoms with Gasteiger partial charge in [0, 0.05) is 15.7 Å². The van der Waals surface area contributed by atoms with E-state index in [4.69, 9.17) is 17.0 Å². The summed E-state index contributed by atoms with van der Waals surface area (Å²) < 4.78 is 5.84. The molecule has 0 heterocycles. The Labute approximate surface area is 142 Å². The molecule has 114 valence electrons. The molecule has 0 saturated heterocycles. The predicted molar refractivity (Wildman–Crippen MR) is 95.8 cm³/mol. The molecular formula is C15H14BrN3O2S. The second-order valence-corrected chi connectivity index (χ2v) is 5.56. The summed E-state index contributed by atoms with van der Waals surface area (Å²) in [5.74, 6) is 0.374. The number of hydrogen-bond donors (Lipinski definition) is 3. The van der Waals surface area contributed by atoms with Crippen molar-refractivity contribution < 1.29 is 9.84 Å². The number of aromatic hydroxyl groups is 1. The minimum atomic E-state index is 0.0122. The number of anilines is 1. The monoisotopic (exact) mass is 379 g/mol. The van der Waals surface area contributed by atoms with Gasteiger partial charge in [0.05, 0.1) is 13.3 Å². The maximum atomic E-state index is 10.0. The zero-order valence-corrected chi connectivity index (χ0v) is 14.1. The van der Waals surface area contributed by atoms with Crippen molar-refractivity contribution in [1.29, 1.82) is 0 Å². The van der Waals surface area contributed by atoms with Gasteiger partial charge in [0.1, 0.15) is 0 Å². The van der Waals surface area contributed by atoms with Crippen LogP contribution in [-0.2, 0) is 0 Å². The number of benzene rings is 2. The predicted octanol–water partition coefficient (Wildman–Crippen LogP) is 3.48. The molecule has 0 unspecified atom stereocenters. The summed E-state index contributed by atoms with van der Waals surface area (Å²) in [7, 11) is 1.49. The average Bonchev–Trinajstić information content (AvgIpc) is 2.51. The molecular weight excluding hydrogens is 366 g/mol. The third kappa shape index (κ3) is 4.44. The van der Waals surface area contributed by atoms with Crippen LogP contribution in [0.2, 0.25) is 0 Å². The molecule has 0 aliphatic carbocycles. The first-order valence-electron chi connectivity index (χ1n) is 6.31. The third-order valence-corrected chi connectivity index (χ3v) is 3.34. The van der Waals surface area contributed by atoms with Crippen molar-refractivity contribution in [3.63, 3.8) is 0 Å². The molecule has 0 fully saturated rings. The first kappa shape index (κ1) is 16.3. The summed E-state index contributed by atoms with van der Waals surface area (Å²) in [5, 5.41) is 17.3.